The molecule has 37 heavy (non-hydrogen) atoms. The SMILES string of the molecule is CCN1CCCC(NCc2cc(OC)ccc2OC)(OS(C)(=O)=O)C1(OS(C)(=O)=O)c1cccc(F)c1. The van der Waals surface area contributed by atoms with Crippen LogP contribution in [-0.2, 0) is 40.9 Å². The van der Waals surface area contributed by atoms with E-state index in [1.54, 1.807) is 30.0 Å². The highest BCUT2D eigenvalue weighted by atomic mass is 32.2. The number of nitrogens with one attached hydrogen (secondary N) is 1. The van der Waals surface area contributed by atoms with Gasteiger partial charge in [-0.15, -0.1) is 0 Å². The van der Waals surface area contributed by atoms with Gasteiger partial charge in [0.15, 0.2) is 5.72 Å². The van der Waals surface area contributed by atoms with E-state index in [0.29, 0.717) is 30.0 Å². The largest absolute Gasteiger partial charge is 0.497 e. The van der Waals surface area contributed by atoms with E-state index in [-0.39, 0.29) is 25.1 Å². The molecule has 1 saturated heterocycles. The lowest BCUT2D eigenvalue weighted by molar-refractivity contribution is -0.245. The molecule has 3 rings (SSSR count). The predicted molar refractivity (Wildman–Crippen MR) is 136 cm³/mol. The molecule has 0 amide bonds. The van der Waals surface area contributed by atoms with Gasteiger partial charge in [0.2, 0.25) is 5.72 Å². The highest BCUT2D eigenvalue weighted by molar-refractivity contribution is 7.86. The monoisotopic (exact) mass is 560 g/mol. The fraction of sp³-hybridized carbons (Fsp3) is 0.500. The first kappa shape index (κ1) is 29.3. The van der Waals surface area contributed by atoms with Crippen LogP contribution in [0.5, 0.6) is 11.5 Å². The van der Waals surface area contributed by atoms with E-state index in [2.05, 4.69) is 5.32 Å². The topological polar surface area (TPSA) is 120 Å². The zero-order chi connectivity index (χ0) is 27.5. The number of hydrogen-bond acceptors (Lipinski definition) is 10. The molecule has 1 N–H and O–H groups in total. The number of rotatable bonds is 11. The molecule has 0 bridgehead atoms. The minimum atomic E-state index is -4.24. The van der Waals surface area contributed by atoms with Crippen molar-refractivity contribution >= 4 is 20.2 Å². The molecule has 0 spiro atoms. The second-order valence-corrected chi connectivity index (χ2v) is 11.9. The van der Waals surface area contributed by atoms with Crippen LogP contribution < -0.4 is 14.8 Å². The number of methoxy groups -OCH3 is 2. The van der Waals surface area contributed by atoms with Crippen LogP contribution in [0.2, 0.25) is 0 Å². The van der Waals surface area contributed by atoms with Crippen LogP contribution in [0.3, 0.4) is 0 Å². The molecule has 206 valence electrons. The summed E-state index contributed by atoms with van der Waals surface area (Å²) in [6, 6.07) is 10.3. The number of likely N-dealkylation sites (N-methyl/N-ethyl adjacent to an activating group) is 1. The Morgan fingerprint density at radius 3 is 2.27 bits per heavy atom. The van der Waals surface area contributed by atoms with Gasteiger partial charge in [-0.1, -0.05) is 19.1 Å². The van der Waals surface area contributed by atoms with Crippen molar-refractivity contribution in [3.8, 4) is 11.5 Å². The van der Waals surface area contributed by atoms with E-state index < -0.39 is 37.5 Å². The lowest BCUT2D eigenvalue weighted by Gasteiger charge is -2.56. The third-order valence-corrected chi connectivity index (χ3v) is 7.30. The normalized spacial score (nSPS) is 23.1. The van der Waals surface area contributed by atoms with Crippen LogP contribution >= 0.6 is 0 Å². The maximum Gasteiger partial charge on any atom is 0.266 e. The lowest BCUT2D eigenvalue weighted by atomic mass is 9.82. The summed E-state index contributed by atoms with van der Waals surface area (Å²) in [5.41, 5.74) is -3.40. The van der Waals surface area contributed by atoms with Crippen molar-refractivity contribution in [2.75, 3.05) is 39.8 Å². The number of piperidine rings is 1. The number of nitrogens with zero attached hydrogens (tertiary/aromatic N) is 1. The summed E-state index contributed by atoms with van der Waals surface area (Å²) in [6.07, 6.45) is 2.17. The Morgan fingerprint density at radius 1 is 1.00 bits per heavy atom. The van der Waals surface area contributed by atoms with Gasteiger partial charge in [-0.3, -0.25) is 10.2 Å². The molecule has 0 radical (unpaired) electrons. The minimum absolute atomic E-state index is 0.0227. The van der Waals surface area contributed by atoms with Crippen LogP contribution in [0.25, 0.3) is 0 Å². The van der Waals surface area contributed by atoms with Gasteiger partial charge in [0.25, 0.3) is 20.2 Å². The van der Waals surface area contributed by atoms with Crippen LogP contribution in [0.15, 0.2) is 42.5 Å². The number of benzene rings is 2. The highest BCUT2D eigenvalue weighted by Crippen LogP contribution is 2.49. The zero-order valence-corrected chi connectivity index (χ0v) is 23.1. The van der Waals surface area contributed by atoms with Gasteiger partial charge in [0.1, 0.15) is 17.3 Å². The Bertz CT molecular complexity index is 1320. The van der Waals surface area contributed by atoms with Crippen LogP contribution in [-0.4, -0.2) is 67.3 Å². The first-order chi connectivity index (χ1) is 17.3. The van der Waals surface area contributed by atoms with Crippen LogP contribution in [0.1, 0.15) is 30.9 Å². The molecule has 1 aliphatic rings. The minimum Gasteiger partial charge on any atom is -0.497 e. The molecule has 0 aliphatic carbocycles. The van der Waals surface area contributed by atoms with E-state index in [0.717, 1.165) is 18.6 Å². The van der Waals surface area contributed by atoms with Crippen molar-refractivity contribution in [2.45, 2.75) is 37.8 Å². The smallest absolute Gasteiger partial charge is 0.266 e. The van der Waals surface area contributed by atoms with Gasteiger partial charge in [0, 0.05) is 24.2 Å². The number of hydrogen-bond donors (Lipinski definition) is 1. The van der Waals surface area contributed by atoms with Gasteiger partial charge < -0.3 is 9.47 Å². The lowest BCUT2D eigenvalue weighted by Crippen LogP contribution is -2.73. The molecule has 13 heteroatoms. The Hall–Kier alpha value is -2.29. The second kappa shape index (κ2) is 11.2. The van der Waals surface area contributed by atoms with Crippen molar-refractivity contribution < 1.29 is 39.1 Å². The second-order valence-electron chi connectivity index (χ2n) is 8.77. The van der Waals surface area contributed by atoms with Crippen molar-refractivity contribution in [1.29, 1.82) is 0 Å². The van der Waals surface area contributed by atoms with Crippen molar-refractivity contribution in [3.05, 3.63) is 59.4 Å². The molecular formula is C24H33FN2O8S2. The fourth-order valence-electron chi connectivity index (χ4n) is 4.84. The molecule has 2 aromatic carbocycles. The third kappa shape index (κ3) is 6.41. The summed E-state index contributed by atoms with van der Waals surface area (Å²) < 4.78 is 87.6. The van der Waals surface area contributed by atoms with E-state index in [4.69, 9.17) is 17.8 Å². The molecule has 1 aliphatic heterocycles. The van der Waals surface area contributed by atoms with Crippen LogP contribution in [0.4, 0.5) is 4.39 Å². The third-order valence-electron chi connectivity index (χ3n) is 6.16. The average molecular weight is 561 g/mol. The summed E-state index contributed by atoms with van der Waals surface area (Å²) in [4.78, 5) is 1.63. The predicted octanol–water partition coefficient (Wildman–Crippen LogP) is 2.55. The van der Waals surface area contributed by atoms with Gasteiger partial charge in [0.05, 0.1) is 26.7 Å². The number of halogens is 1. The van der Waals surface area contributed by atoms with E-state index >= 15 is 0 Å². The maximum absolute atomic E-state index is 14.5. The number of likely N-dealkylation sites (tertiary alicyclic amines) is 1. The van der Waals surface area contributed by atoms with E-state index in [9.17, 15) is 21.2 Å². The molecule has 1 heterocycles. The molecule has 0 saturated carbocycles. The van der Waals surface area contributed by atoms with Crippen LogP contribution in [0, 0.1) is 5.82 Å². The fourth-order valence-corrected chi connectivity index (χ4v) is 6.38. The Kier molecular flexibility index (Phi) is 8.87. The molecule has 0 aromatic heterocycles. The molecule has 2 aromatic rings. The summed E-state index contributed by atoms with van der Waals surface area (Å²) in [7, 11) is -5.46. The summed E-state index contributed by atoms with van der Waals surface area (Å²) >= 11 is 0. The first-order valence-electron chi connectivity index (χ1n) is 11.6. The van der Waals surface area contributed by atoms with Crippen molar-refractivity contribution in [2.24, 2.45) is 0 Å². The summed E-state index contributed by atoms with van der Waals surface area (Å²) in [5.74, 6) is 0.350. The Labute approximate surface area is 217 Å². The summed E-state index contributed by atoms with van der Waals surface area (Å²) in [5, 5.41) is 3.14. The van der Waals surface area contributed by atoms with Gasteiger partial charge in [-0.2, -0.15) is 16.8 Å². The van der Waals surface area contributed by atoms with Gasteiger partial charge in [-0.05, 0) is 49.7 Å². The van der Waals surface area contributed by atoms with E-state index in [1.807, 2.05) is 0 Å². The molecule has 1 fully saturated rings. The zero-order valence-electron chi connectivity index (χ0n) is 21.5. The molecular weight excluding hydrogens is 527 g/mol. The standard InChI is InChI=1S/C24H33FN2O8S2/c1-6-27-14-8-13-23(34-36(4,28)29,26-17-18-15-21(32-2)11-12-22(18)33-3)24(27,35-37(5,30)31)19-9-7-10-20(25)16-19/h7,9-12,15-16,26H,6,8,13-14,17H2,1-5H3. The summed E-state index contributed by atoms with van der Waals surface area (Å²) in [6.45, 7) is 2.31. The Balaban J connectivity index is 2.31. The number of ether oxygens (including phenoxy) is 2. The first-order valence-corrected chi connectivity index (χ1v) is 15.2. The van der Waals surface area contributed by atoms with Crippen molar-refractivity contribution in [1.82, 2.24) is 10.2 Å². The van der Waals surface area contributed by atoms with Gasteiger partial charge in [-0.25, -0.2) is 12.8 Å². The van der Waals surface area contributed by atoms with Crippen molar-refractivity contribution in [3.63, 3.8) is 0 Å². The Morgan fingerprint density at radius 2 is 1.70 bits per heavy atom. The molecule has 2 atom stereocenters. The highest BCUT2D eigenvalue weighted by Gasteiger charge is 2.63. The average Bonchev–Trinajstić information content (AvgIpc) is 2.81. The quantitative estimate of drug-likeness (QED) is 0.324. The maximum atomic E-state index is 14.5. The van der Waals surface area contributed by atoms with Gasteiger partial charge >= 0.3 is 0 Å². The van der Waals surface area contributed by atoms with E-state index in [1.165, 1.54) is 32.4 Å². The molecule has 2 unspecified atom stereocenters. The molecule has 10 nitrogen and oxygen atoms in total.